The van der Waals surface area contributed by atoms with Gasteiger partial charge < -0.3 is 20.1 Å². The highest BCUT2D eigenvalue weighted by atomic mass is 16.5. The van der Waals surface area contributed by atoms with Crippen molar-refractivity contribution in [2.75, 3.05) is 29.3 Å². The summed E-state index contributed by atoms with van der Waals surface area (Å²) in [5.41, 5.74) is 5.44. The lowest BCUT2D eigenvalue weighted by molar-refractivity contribution is 0.288. The predicted molar refractivity (Wildman–Crippen MR) is 139 cm³/mol. The Labute approximate surface area is 204 Å². The summed E-state index contributed by atoms with van der Waals surface area (Å²) >= 11 is 0. The first-order chi connectivity index (χ1) is 17.2. The van der Waals surface area contributed by atoms with E-state index in [0.717, 1.165) is 16.9 Å². The monoisotopic (exact) mass is 469 g/mol. The molecule has 0 saturated heterocycles. The van der Waals surface area contributed by atoms with E-state index in [0.29, 0.717) is 36.6 Å². The molecule has 35 heavy (non-hydrogen) atoms. The summed E-state index contributed by atoms with van der Waals surface area (Å²) in [7, 11) is 0. The lowest BCUT2D eigenvalue weighted by atomic mass is 10.2. The van der Waals surface area contributed by atoms with Gasteiger partial charge in [0.05, 0.1) is 19.4 Å². The van der Waals surface area contributed by atoms with Crippen molar-refractivity contribution in [2.24, 2.45) is 5.10 Å². The molecule has 4 aromatic rings. The van der Waals surface area contributed by atoms with Gasteiger partial charge in [0.25, 0.3) is 0 Å². The van der Waals surface area contributed by atoms with Crippen molar-refractivity contribution in [1.29, 1.82) is 0 Å². The summed E-state index contributed by atoms with van der Waals surface area (Å²) in [4.78, 5) is 13.4. The fourth-order valence-electron chi connectivity index (χ4n) is 3.15. The Hall–Kier alpha value is -4.66. The molecule has 0 aliphatic heterocycles. The van der Waals surface area contributed by atoms with Crippen molar-refractivity contribution < 1.29 is 9.47 Å². The van der Waals surface area contributed by atoms with E-state index in [-0.39, 0.29) is 5.95 Å². The molecule has 1 aromatic heterocycles. The summed E-state index contributed by atoms with van der Waals surface area (Å²) in [6.45, 7) is 4.97. The summed E-state index contributed by atoms with van der Waals surface area (Å²) < 4.78 is 11.3. The number of nitrogens with zero attached hydrogens (tertiary/aromatic N) is 4. The number of para-hydroxylation sites is 2. The Balaban J connectivity index is 1.54. The summed E-state index contributed by atoms with van der Waals surface area (Å²) in [6, 6.07) is 25.0. The van der Waals surface area contributed by atoms with Crippen LogP contribution in [0.25, 0.3) is 0 Å². The van der Waals surface area contributed by atoms with Crippen LogP contribution in [-0.2, 0) is 0 Å². The van der Waals surface area contributed by atoms with E-state index in [1.54, 1.807) is 6.21 Å². The van der Waals surface area contributed by atoms with E-state index in [1.807, 2.05) is 92.7 Å². The van der Waals surface area contributed by atoms with Crippen LogP contribution in [0.15, 0.2) is 84.0 Å². The van der Waals surface area contributed by atoms with Crippen molar-refractivity contribution in [1.82, 2.24) is 15.0 Å². The van der Waals surface area contributed by atoms with Crippen molar-refractivity contribution in [3.63, 3.8) is 0 Å². The molecule has 3 N–H and O–H groups in total. The van der Waals surface area contributed by atoms with Crippen LogP contribution in [0.1, 0.15) is 19.4 Å². The number of benzene rings is 3. The smallest absolute Gasteiger partial charge is 0.250 e. The van der Waals surface area contributed by atoms with Gasteiger partial charge in [-0.15, -0.1) is 0 Å². The molecule has 0 fully saturated rings. The van der Waals surface area contributed by atoms with E-state index in [9.17, 15) is 0 Å². The quantitative estimate of drug-likeness (QED) is 0.192. The van der Waals surface area contributed by atoms with Gasteiger partial charge in [-0.25, -0.2) is 5.43 Å². The highest BCUT2D eigenvalue weighted by molar-refractivity contribution is 5.81. The predicted octanol–water partition coefficient (Wildman–Crippen LogP) is 5.60. The lowest BCUT2D eigenvalue weighted by Crippen LogP contribution is -2.07. The van der Waals surface area contributed by atoms with Crippen LogP contribution >= 0.6 is 0 Å². The topological polar surface area (TPSA) is 106 Å². The zero-order valence-corrected chi connectivity index (χ0v) is 19.6. The van der Waals surface area contributed by atoms with Gasteiger partial charge in [-0.2, -0.15) is 20.1 Å². The number of aromatic nitrogens is 3. The van der Waals surface area contributed by atoms with Crippen LogP contribution in [0.4, 0.5) is 29.2 Å². The highest BCUT2D eigenvalue weighted by Gasteiger charge is 2.08. The maximum atomic E-state index is 5.68. The van der Waals surface area contributed by atoms with Crippen LogP contribution in [-0.4, -0.2) is 34.4 Å². The summed E-state index contributed by atoms with van der Waals surface area (Å²) in [6.07, 6.45) is 1.66. The maximum absolute atomic E-state index is 5.68. The first kappa shape index (κ1) is 23.5. The third-order valence-corrected chi connectivity index (χ3v) is 4.64. The van der Waals surface area contributed by atoms with Gasteiger partial charge in [0.15, 0.2) is 11.5 Å². The van der Waals surface area contributed by atoms with Crippen LogP contribution in [0, 0.1) is 0 Å². The average molecular weight is 470 g/mol. The van der Waals surface area contributed by atoms with Crippen LogP contribution in [0.3, 0.4) is 0 Å². The molecular weight excluding hydrogens is 442 g/mol. The van der Waals surface area contributed by atoms with E-state index in [2.05, 4.69) is 36.1 Å². The van der Waals surface area contributed by atoms with Gasteiger partial charge in [-0.1, -0.05) is 36.4 Å². The minimum atomic E-state index is 0.282. The number of hydrogen-bond acceptors (Lipinski definition) is 9. The molecule has 0 unspecified atom stereocenters. The number of ether oxygens (including phenoxy) is 2. The van der Waals surface area contributed by atoms with Gasteiger partial charge in [0, 0.05) is 11.4 Å². The third-order valence-electron chi connectivity index (χ3n) is 4.64. The lowest BCUT2D eigenvalue weighted by Gasteiger charge is -2.11. The molecule has 9 heteroatoms. The summed E-state index contributed by atoms with van der Waals surface area (Å²) in [5.74, 6) is 2.40. The van der Waals surface area contributed by atoms with Gasteiger partial charge in [0.2, 0.25) is 17.8 Å². The van der Waals surface area contributed by atoms with Gasteiger partial charge in [0.1, 0.15) is 0 Å². The second kappa shape index (κ2) is 12.0. The van der Waals surface area contributed by atoms with Crippen molar-refractivity contribution in [3.05, 3.63) is 84.4 Å². The molecule has 0 saturated carbocycles. The maximum Gasteiger partial charge on any atom is 0.250 e. The Morgan fingerprint density at radius 3 is 1.80 bits per heavy atom. The van der Waals surface area contributed by atoms with Crippen molar-refractivity contribution >= 4 is 35.4 Å². The number of hydrogen-bond donors (Lipinski definition) is 3. The fraction of sp³-hybridized carbons (Fsp3) is 0.154. The highest BCUT2D eigenvalue weighted by Crippen LogP contribution is 2.28. The fourth-order valence-corrected chi connectivity index (χ4v) is 3.15. The number of hydrazone groups is 1. The minimum Gasteiger partial charge on any atom is -0.490 e. The molecule has 0 bridgehead atoms. The number of rotatable bonds is 11. The Bertz CT molecular complexity index is 1190. The standard InChI is InChI=1S/C26H27N7O2/c1-3-34-22-16-15-19(17-23(22)35-4-2)18-27-33-26-31-24(28-20-11-7-5-8-12-20)30-25(32-26)29-21-13-9-6-10-14-21/h5-18H,3-4H2,1-2H3,(H3,28,29,30,31,32,33). The molecule has 4 rings (SSSR count). The molecule has 0 aliphatic carbocycles. The molecular formula is C26H27N7O2. The number of anilines is 5. The Kier molecular flexibility index (Phi) is 8.05. The molecule has 0 spiro atoms. The molecule has 0 amide bonds. The van der Waals surface area contributed by atoms with Crippen molar-refractivity contribution in [2.45, 2.75) is 13.8 Å². The van der Waals surface area contributed by atoms with E-state index >= 15 is 0 Å². The van der Waals surface area contributed by atoms with Crippen LogP contribution < -0.4 is 25.5 Å². The van der Waals surface area contributed by atoms with Gasteiger partial charge >= 0.3 is 0 Å². The van der Waals surface area contributed by atoms with E-state index in [4.69, 9.17) is 9.47 Å². The van der Waals surface area contributed by atoms with Crippen molar-refractivity contribution in [3.8, 4) is 11.5 Å². The molecule has 3 aromatic carbocycles. The average Bonchev–Trinajstić information content (AvgIpc) is 2.87. The second-order valence-electron chi connectivity index (χ2n) is 7.23. The first-order valence-corrected chi connectivity index (χ1v) is 11.3. The van der Waals surface area contributed by atoms with Gasteiger partial charge in [-0.3, -0.25) is 0 Å². The largest absolute Gasteiger partial charge is 0.490 e. The molecule has 0 aliphatic rings. The van der Waals surface area contributed by atoms with E-state index < -0.39 is 0 Å². The Morgan fingerprint density at radius 1 is 0.686 bits per heavy atom. The molecule has 0 atom stereocenters. The summed E-state index contributed by atoms with van der Waals surface area (Å²) in [5, 5.41) is 10.7. The Morgan fingerprint density at radius 2 is 1.23 bits per heavy atom. The van der Waals surface area contributed by atoms with Crippen LogP contribution in [0.5, 0.6) is 11.5 Å². The second-order valence-corrected chi connectivity index (χ2v) is 7.23. The molecule has 1 heterocycles. The molecule has 9 nitrogen and oxygen atoms in total. The normalized spacial score (nSPS) is 10.7. The number of nitrogens with one attached hydrogen (secondary N) is 3. The SMILES string of the molecule is CCOc1ccc(C=NNc2nc(Nc3ccccc3)nc(Nc3ccccc3)n2)cc1OCC. The van der Waals surface area contributed by atoms with Gasteiger partial charge in [-0.05, 0) is 61.9 Å². The molecule has 178 valence electrons. The first-order valence-electron chi connectivity index (χ1n) is 11.3. The third kappa shape index (κ3) is 6.91. The zero-order valence-electron chi connectivity index (χ0n) is 19.6. The molecule has 0 radical (unpaired) electrons. The van der Waals surface area contributed by atoms with Crippen LogP contribution in [0.2, 0.25) is 0 Å². The minimum absolute atomic E-state index is 0.282. The zero-order chi connectivity index (χ0) is 24.3. The van der Waals surface area contributed by atoms with E-state index in [1.165, 1.54) is 0 Å².